The Morgan fingerprint density at radius 1 is 0.588 bits per heavy atom. The van der Waals surface area contributed by atoms with Crippen molar-refractivity contribution in [2.45, 2.75) is 18.1 Å². The summed E-state index contributed by atoms with van der Waals surface area (Å²) < 4.78 is 0. The zero-order valence-electron chi connectivity index (χ0n) is 18.9. The van der Waals surface area contributed by atoms with Gasteiger partial charge in [-0.2, -0.15) is 0 Å². The van der Waals surface area contributed by atoms with Gasteiger partial charge >= 0.3 is 17.9 Å². The molecule has 1 aliphatic rings. The van der Waals surface area contributed by atoms with E-state index in [2.05, 4.69) is 0 Å². The number of nitrogens with two attached hydrogens (primary N) is 1. The molecule has 3 unspecified atom stereocenters. The van der Waals surface area contributed by atoms with Crippen LogP contribution in [0, 0.1) is 0 Å². The first-order valence-corrected chi connectivity index (χ1v) is 10.8. The molecule has 0 radical (unpaired) electrons. The van der Waals surface area contributed by atoms with Crippen LogP contribution in [-0.4, -0.2) is 171 Å². The first kappa shape index (κ1) is 29.6. The highest BCUT2D eigenvalue weighted by Crippen LogP contribution is 2.09. The minimum atomic E-state index is -1.33. The topological polar surface area (TPSA) is 229 Å². The van der Waals surface area contributed by atoms with Gasteiger partial charge in [-0.05, 0) is 0 Å². The molecule has 15 nitrogen and oxygen atoms in total. The minimum Gasteiger partial charge on any atom is -0.480 e. The SMILES string of the molecule is NC(=O)CN1CCN(C(CO)C(=O)O)CCN(C(CO)C(=O)O)CCN(C(CO)C(=O)O)CC1. The van der Waals surface area contributed by atoms with Crippen molar-refractivity contribution >= 4 is 23.8 Å². The second-order valence-corrected chi connectivity index (χ2v) is 7.96. The van der Waals surface area contributed by atoms with Crippen LogP contribution in [0.1, 0.15) is 0 Å². The van der Waals surface area contributed by atoms with E-state index in [4.69, 9.17) is 5.73 Å². The minimum absolute atomic E-state index is 0.00801. The molecule has 1 fully saturated rings. The Labute approximate surface area is 196 Å². The Bertz CT molecular complexity index is 658. The Hall–Kier alpha value is -2.40. The molecular formula is C19H35N5O10. The van der Waals surface area contributed by atoms with E-state index in [0.29, 0.717) is 0 Å². The number of hydrogen-bond donors (Lipinski definition) is 7. The van der Waals surface area contributed by atoms with Crippen molar-refractivity contribution in [3.8, 4) is 0 Å². The molecule has 34 heavy (non-hydrogen) atoms. The Morgan fingerprint density at radius 2 is 0.853 bits per heavy atom. The van der Waals surface area contributed by atoms with Crippen molar-refractivity contribution < 1.29 is 49.8 Å². The van der Waals surface area contributed by atoms with Crippen LogP contribution in [0.2, 0.25) is 0 Å². The third-order valence-corrected chi connectivity index (χ3v) is 5.83. The zero-order valence-corrected chi connectivity index (χ0v) is 18.9. The van der Waals surface area contributed by atoms with Gasteiger partial charge in [-0.1, -0.05) is 0 Å². The third kappa shape index (κ3) is 9.09. The van der Waals surface area contributed by atoms with E-state index in [0.717, 1.165) is 0 Å². The van der Waals surface area contributed by atoms with E-state index in [1.165, 1.54) is 14.7 Å². The van der Waals surface area contributed by atoms with Gasteiger partial charge in [0.2, 0.25) is 5.91 Å². The Kier molecular flexibility index (Phi) is 12.9. The van der Waals surface area contributed by atoms with Gasteiger partial charge in [-0.15, -0.1) is 0 Å². The monoisotopic (exact) mass is 493 g/mol. The lowest BCUT2D eigenvalue weighted by atomic mass is 10.2. The number of aliphatic hydroxyl groups is 3. The number of carboxylic acids is 3. The summed E-state index contributed by atoms with van der Waals surface area (Å²) in [6, 6.07) is -3.88. The number of carbonyl (C=O) groups is 4. The first-order chi connectivity index (χ1) is 16.0. The molecule has 1 heterocycles. The average molecular weight is 494 g/mol. The predicted molar refractivity (Wildman–Crippen MR) is 116 cm³/mol. The number of aliphatic carboxylic acids is 3. The summed E-state index contributed by atoms with van der Waals surface area (Å²) in [6.45, 7) is -1.84. The van der Waals surface area contributed by atoms with Crippen LogP contribution in [0.25, 0.3) is 0 Å². The Morgan fingerprint density at radius 3 is 1.06 bits per heavy atom. The maximum atomic E-state index is 11.7. The fourth-order valence-corrected chi connectivity index (χ4v) is 3.86. The number of rotatable bonds is 11. The largest absolute Gasteiger partial charge is 0.480 e. The van der Waals surface area contributed by atoms with E-state index in [1.807, 2.05) is 0 Å². The number of carbonyl (C=O) groups excluding carboxylic acids is 1. The molecule has 3 atom stereocenters. The molecule has 1 rings (SSSR count). The van der Waals surface area contributed by atoms with Crippen LogP contribution in [0.5, 0.6) is 0 Å². The second kappa shape index (κ2) is 14.8. The number of carboxylic acid groups (broad SMARTS) is 3. The maximum Gasteiger partial charge on any atom is 0.323 e. The van der Waals surface area contributed by atoms with Gasteiger partial charge in [0.15, 0.2) is 0 Å². The third-order valence-electron chi connectivity index (χ3n) is 5.83. The van der Waals surface area contributed by atoms with Crippen LogP contribution in [0.3, 0.4) is 0 Å². The van der Waals surface area contributed by atoms with E-state index >= 15 is 0 Å². The van der Waals surface area contributed by atoms with Crippen LogP contribution < -0.4 is 5.73 Å². The van der Waals surface area contributed by atoms with Gasteiger partial charge in [0.25, 0.3) is 0 Å². The quantitative estimate of drug-likeness (QED) is 0.143. The molecule has 196 valence electrons. The first-order valence-electron chi connectivity index (χ1n) is 10.8. The standard InChI is InChI=1S/C19H35N5O10/c20-16(28)9-21-1-3-22(13(10-25)17(29)30)5-7-24(15(12-27)19(33)34)8-6-23(4-2-21)14(11-26)18(31)32/h13-15,25-27H,1-12H2,(H2,20,28)(H,29,30)(H,31,32)(H,33,34). The number of amides is 1. The zero-order chi connectivity index (χ0) is 25.8. The summed E-state index contributed by atoms with van der Waals surface area (Å²) in [4.78, 5) is 52.3. The van der Waals surface area contributed by atoms with Crippen molar-refractivity contribution in [2.24, 2.45) is 5.73 Å². The highest BCUT2D eigenvalue weighted by Gasteiger charge is 2.32. The van der Waals surface area contributed by atoms with Gasteiger partial charge in [-0.3, -0.25) is 38.8 Å². The summed E-state index contributed by atoms with van der Waals surface area (Å²) >= 11 is 0. The van der Waals surface area contributed by atoms with Gasteiger partial charge in [0.05, 0.1) is 26.4 Å². The molecule has 0 aromatic rings. The van der Waals surface area contributed by atoms with Crippen LogP contribution >= 0.6 is 0 Å². The van der Waals surface area contributed by atoms with Crippen molar-refractivity contribution in [1.29, 1.82) is 0 Å². The fourth-order valence-electron chi connectivity index (χ4n) is 3.86. The summed E-state index contributed by atoms with van der Waals surface area (Å²) in [5.74, 6) is -4.51. The van der Waals surface area contributed by atoms with Gasteiger partial charge in [0.1, 0.15) is 18.1 Å². The molecule has 8 N–H and O–H groups in total. The van der Waals surface area contributed by atoms with Gasteiger partial charge < -0.3 is 36.4 Å². The normalized spacial score (nSPS) is 21.0. The molecule has 0 saturated carbocycles. The molecule has 0 aliphatic carbocycles. The number of aliphatic hydroxyl groups excluding tert-OH is 3. The molecule has 0 bridgehead atoms. The van der Waals surface area contributed by atoms with Gasteiger partial charge in [0, 0.05) is 52.4 Å². The van der Waals surface area contributed by atoms with Crippen molar-refractivity contribution in [3.05, 3.63) is 0 Å². The van der Waals surface area contributed by atoms with E-state index < -0.39 is 61.8 Å². The van der Waals surface area contributed by atoms with Crippen molar-refractivity contribution in [2.75, 3.05) is 78.7 Å². The summed E-state index contributed by atoms with van der Waals surface area (Å²) in [6.07, 6.45) is 0. The molecular weight excluding hydrogens is 458 g/mol. The Balaban J connectivity index is 3.28. The van der Waals surface area contributed by atoms with Crippen molar-refractivity contribution in [1.82, 2.24) is 19.6 Å². The maximum absolute atomic E-state index is 11.7. The molecule has 1 aliphatic heterocycles. The van der Waals surface area contributed by atoms with Crippen LogP contribution in [0.15, 0.2) is 0 Å². The average Bonchev–Trinajstić information content (AvgIpc) is 2.74. The summed E-state index contributed by atoms with van der Waals surface area (Å²) in [5.41, 5.74) is 5.31. The van der Waals surface area contributed by atoms with Crippen LogP contribution in [0.4, 0.5) is 0 Å². The summed E-state index contributed by atoms with van der Waals surface area (Å²) in [7, 11) is 0. The molecule has 0 spiro atoms. The van der Waals surface area contributed by atoms with Crippen molar-refractivity contribution in [3.63, 3.8) is 0 Å². The molecule has 1 amide bonds. The smallest absolute Gasteiger partial charge is 0.323 e. The molecule has 1 saturated heterocycles. The lowest BCUT2D eigenvalue weighted by Gasteiger charge is -2.37. The van der Waals surface area contributed by atoms with Gasteiger partial charge in [-0.25, -0.2) is 0 Å². The number of hydrogen-bond acceptors (Lipinski definition) is 11. The van der Waals surface area contributed by atoms with E-state index in [1.54, 1.807) is 4.90 Å². The fraction of sp³-hybridized carbons (Fsp3) is 0.789. The molecule has 0 aromatic heterocycles. The second-order valence-electron chi connectivity index (χ2n) is 7.96. The predicted octanol–water partition coefficient (Wildman–Crippen LogP) is -4.97. The van der Waals surface area contributed by atoms with E-state index in [-0.39, 0.29) is 58.9 Å². The number of primary amides is 1. The highest BCUT2D eigenvalue weighted by atomic mass is 16.4. The molecule has 0 aromatic carbocycles. The lowest BCUT2D eigenvalue weighted by Crippen LogP contribution is -2.56. The van der Waals surface area contributed by atoms with E-state index in [9.17, 15) is 49.8 Å². The highest BCUT2D eigenvalue weighted by molar-refractivity contribution is 5.76. The molecule has 15 heteroatoms. The van der Waals surface area contributed by atoms with Crippen LogP contribution in [-0.2, 0) is 19.2 Å². The number of nitrogens with zero attached hydrogens (tertiary/aromatic N) is 4. The summed E-state index contributed by atoms with van der Waals surface area (Å²) in [5, 5.41) is 57.3. The lowest BCUT2D eigenvalue weighted by molar-refractivity contribution is -0.148.